The van der Waals surface area contributed by atoms with Crippen LogP contribution in [0.3, 0.4) is 0 Å². The van der Waals surface area contributed by atoms with Gasteiger partial charge >= 0.3 is 5.97 Å². The number of amides is 2. The van der Waals surface area contributed by atoms with Crippen molar-refractivity contribution in [2.45, 2.75) is 50.2 Å². The standard InChI is InChI=1S/C19H25N3O4/c23-17(14-8-4-10-20-14)21-15(12-13-6-2-1-3-7-13)18(24)22-11-5-9-16(22)19(25)26/h1-3,6-7,14-16,20H,4-5,8-12H2,(H,21,23)(H,25,26)/t14-,15-,16-/m0/s1. The summed E-state index contributed by atoms with van der Waals surface area (Å²) in [5.41, 5.74) is 0.927. The first kappa shape index (κ1) is 18.4. The number of hydrogen-bond acceptors (Lipinski definition) is 4. The van der Waals surface area contributed by atoms with E-state index in [1.54, 1.807) is 0 Å². The van der Waals surface area contributed by atoms with E-state index in [9.17, 15) is 19.5 Å². The first-order chi connectivity index (χ1) is 12.6. The van der Waals surface area contributed by atoms with Gasteiger partial charge in [-0.25, -0.2) is 4.79 Å². The van der Waals surface area contributed by atoms with Crippen LogP contribution in [0.25, 0.3) is 0 Å². The maximum absolute atomic E-state index is 13.0. The molecule has 2 saturated heterocycles. The number of aliphatic carboxylic acids is 1. The van der Waals surface area contributed by atoms with Gasteiger partial charge in [0.05, 0.1) is 6.04 Å². The fourth-order valence-electron chi connectivity index (χ4n) is 3.72. The van der Waals surface area contributed by atoms with Gasteiger partial charge in [0.1, 0.15) is 12.1 Å². The van der Waals surface area contributed by atoms with Crippen LogP contribution in [0.4, 0.5) is 0 Å². The van der Waals surface area contributed by atoms with E-state index in [2.05, 4.69) is 10.6 Å². The van der Waals surface area contributed by atoms with Crippen LogP contribution in [0.5, 0.6) is 0 Å². The van der Waals surface area contributed by atoms with Crippen molar-refractivity contribution in [3.05, 3.63) is 35.9 Å². The predicted molar refractivity (Wildman–Crippen MR) is 95.5 cm³/mol. The summed E-state index contributed by atoms with van der Waals surface area (Å²) in [6.07, 6.45) is 3.15. The smallest absolute Gasteiger partial charge is 0.326 e. The van der Waals surface area contributed by atoms with Crippen molar-refractivity contribution in [1.29, 1.82) is 0 Å². The molecular formula is C19H25N3O4. The van der Waals surface area contributed by atoms with E-state index in [1.165, 1.54) is 4.90 Å². The van der Waals surface area contributed by atoms with Crippen molar-refractivity contribution < 1.29 is 19.5 Å². The van der Waals surface area contributed by atoms with Gasteiger partial charge in [-0.1, -0.05) is 30.3 Å². The summed E-state index contributed by atoms with van der Waals surface area (Å²) in [6, 6.07) is 7.62. The molecule has 3 rings (SSSR count). The summed E-state index contributed by atoms with van der Waals surface area (Å²) in [5, 5.41) is 15.4. The first-order valence-electron chi connectivity index (χ1n) is 9.17. The zero-order chi connectivity index (χ0) is 18.5. The highest BCUT2D eigenvalue weighted by atomic mass is 16.4. The number of carbonyl (C=O) groups excluding carboxylic acids is 2. The van der Waals surface area contributed by atoms with Crippen LogP contribution in [-0.2, 0) is 20.8 Å². The molecule has 3 N–H and O–H groups in total. The SMILES string of the molecule is O=C(N[C@@H](Cc1ccccc1)C(=O)N1CCC[C@H]1C(=O)O)[C@@H]1CCCN1. The monoisotopic (exact) mass is 359 g/mol. The highest BCUT2D eigenvalue weighted by Gasteiger charge is 2.38. The molecule has 0 radical (unpaired) electrons. The maximum Gasteiger partial charge on any atom is 0.326 e. The van der Waals surface area contributed by atoms with Crippen molar-refractivity contribution in [2.75, 3.05) is 13.1 Å². The van der Waals surface area contributed by atoms with Crippen LogP contribution in [0.15, 0.2) is 30.3 Å². The topological polar surface area (TPSA) is 98.7 Å². The number of nitrogens with one attached hydrogen (secondary N) is 2. The quantitative estimate of drug-likeness (QED) is 0.689. The van der Waals surface area contributed by atoms with Gasteiger partial charge in [-0.05, 0) is 37.8 Å². The third kappa shape index (κ3) is 4.22. The molecule has 1 aromatic rings. The molecular weight excluding hydrogens is 334 g/mol. The lowest BCUT2D eigenvalue weighted by Crippen LogP contribution is -2.55. The van der Waals surface area contributed by atoms with E-state index in [-0.39, 0.29) is 17.9 Å². The van der Waals surface area contributed by atoms with Gasteiger partial charge in [0.2, 0.25) is 11.8 Å². The van der Waals surface area contributed by atoms with Gasteiger partial charge in [0.15, 0.2) is 0 Å². The number of benzene rings is 1. The summed E-state index contributed by atoms with van der Waals surface area (Å²) < 4.78 is 0. The predicted octanol–water partition coefficient (Wildman–Crippen LogP) is 0.542. The third-order valence-electron chi connectivity index (χ3n) is 5.09. The second-order valence-electron chi connectivity index (χ2n) is 6.93. The highest BCUT2D eigenvalue weighted by Crippen LogP contribution is 2.20. The number of nitrogens with zero attached hydrogens (tertiary/aromatic N) is 1. The van der Waals surface area contributed by atoms with Gasteiger partial charge in [-0.2, -0.15) is 0 Å². The Hall–Kier alpha value is -2.41. The molecule has 2 amide bonds. The summed E-state index contributed by atoms with van der Waals surface area (Å²) in [6.45, 7) is 1.21. The van der Waals surface area contributed by atoms with E-state index in [0.717, 1.165) is 24.9 Å². The van der Waals surface area contributed by atoms with Crippen molar-refractivity contribution >= 4 is 17.8 Å². The molecule has 2 aliphatic heterocycles. The lowest BCUT2D eigenvalue weighted by atomic mass is 10.0. The normalized spacial score (nSPS) is 23.6. The molecule has 3 atom stereocenters. The number of carboxylic acid groups (broad SMARTS) is 1. The maximum atomic E-state index is 13.0. The Morgan fingerprint density at radius 2 is 1.96 bits per heavy atom. The minimum Gasteiger partial charge on any atom is -0.480 e. The third-order valence-corrected chi connectivity index (χ3v) is 5.09. The molecule has 0 bridgehead atoms. The van der Waals surface area contributed by atoms with Gasteiger partial charge in [-0.15, -0.1) is 0 Å². The zero-order valence-corrected chi connectivity index (χ0v) is 14.7. The Labute approximate surface area is 152 Å². The summed E-state index contributed by atoms with van der Waals surface area (Å²) in [4.78, 5) is 38.4. The summed E-state index contributed by atoms with van der Waals surface area (Å²) in [5.74, 6) is -1.49. The second-order valence-corrected chi connectivity index (χ2v) is 6.93. The largest absolute Gasteiger partial charge is 0.480 e. The minimum atomic E-state index is -0.988. The van der Waals surface area contributed by atoms with E-state index < -0.39 is 18.1 Å². The second kappa shape index (κ2) is 8.31. The average molecular weight is 359 g/mol. The molecule has 0 saturated carbocycles. The molecule has 0 spiro atoms. The van der Waals surface area contributed by atoms with E-state index in [0.29, 0.717) is 25.8 Å². The van der Waals surface area contributed by atoms with E-state index in [1.807, 2.05) is 30.3 Å². The number of carboxylic acids is 1. The lowest BCUT2D eigenvalue weighted by Gasteiger charge is -2.28. The summed E-state index contributed by atoms with van der Waals surface area (Å²) >= 11 is 0. The molecule has 2 aliphatic rings. The molecule has 26 heavy (non-hydrogen) atoms. The van der Waals surface area contributed by atoms with Crippen molar-refractivity contribution in [2.24, 2.45) is 0 Å². The Balaban J connectivity index is 1.76. The molecule has 2 heterocycles. The molecule has 0 unspecified atom stereocenters. The molecule has 7 nitrogen and oxygen atoms in total. The van der Waals surface area contributed by atoms with Crippen LogP contribution in [0.1, 0.15) is 31.2 Å². The van der Waals surface area contributed by atoms with E-state index in [4.69, 9.17) is 0 Å². The molecule has 1 aromatic carbocycles. The highest BCUT2D eigenvalue weighted by molar-refractivity contribution is 5.92. The van der Waals surface area contributed by atoms with Crippen molar-refractivity contribution in [1.82, 2.24) is 15.5 Å². The molecule has 0 aromatic heterocycles. The zero-order valence-electron chi connectivity index (χ0n) is 14.7. The van der Waals surface area contributed by atoms with Crippen molar-refractivity contribution in [3.8, 4) is 0 Å². The Morgan fingerprint density at radius 3 is 2.62 bits per heavy atom. The molecule has 0 aliphatic carbocycles. The lowest BCUT2D eigenvalue weighted by molar-refractivity contribution is -0.149. The van der Waals surface area contributed by atoms with Crippen LogP contribution in [0, 0.1) is 0 Å². The number of hydrogen-bond donors (Lipinski definition) is 3. The number of carbonyl (C=O) groups is 3. The summed E-state index contributed by atoms with van der Waals surface area (Å²) in [7, 11) is 0. The first-order valence-corrected chi connectivity index (χ1v) is 9.17. The average Bonchev–Trinajstić information content (AvgIpc) is 3.33. The van der Waals surface area contributed by atoms with Gasteiger partial charge in [0.25, 0.3) is 0 Å². The van der Waals surface area contributed by atoms with Crippen molar-refractivity contribution in [3.63, 3.8) is 0 Å². The molecule has 140 valence electrons. The van der Waals surface area contributed by atoms with E-state index >= 15 is 0 Å². The van der Waals surface area contributed by atoms with Crippen LogP contribution in [0.2, 0.25) is 0 Å². The molecule has 7 heteroatoms. The number of likely N-dealkylation sites (tertiary alicyclic amines) is 1. The van der Waals surface area contributed by atoms with Gasteiger partial charge < -0.3 is 20.6 Å². The Morgan fingerprint density at radius 1 is 1.19 bits per heavy atom. The Bertz CT molecular complexity index is 658. The fraction of sp³-hybridized carbons (Fsp3) is 0.526. The van der Waals surface area contributed by atoms with Crippen LogP contribution in [-0.4, -0.2) is 59.0 Å². The minimum absolute atomic E-state index is 0.192. The van der Waals surface area contributed by atoms with Gasteiger partial charge in [-0.3, -0.25) is 9.59 Å². The fourth-order valence-corrected chi connectivity index (χ4v) is 3.72. The van der Waals surface area contributed by atoms with Crippen LogP contribution < -0.4 is 10.6 Å². The molecule has 2 fully saturated rings. The Kier molecular flexibility index (Phi) is 5.88. The number of rotatable bonds is 6. The van der Waals surface area contributed by atoms with Crippen LogP contribution >= 0.6 is 0 Å². The van der Waals surface area contributed by atoms with Gasteiger partial charge in [0, 0.05) is 13.0 Å².